The molecule has 0 N–H and O–H groups in total. The molecular weight excluding hydrogens is 449 g/mol. The second-order valence-corrected chi connectivity index (χ2v) is 8.41. The van der Waals surface area contributed by atoms with Gasteiger partial charge in [0.1, 0.15) is 18.5 Å². The quantitative estimate of drug-likeness (QED) is 0.253. The van der Waals surface area contributed by atoms with Crippen LogP contribution in [0.15, 0.2) is 84.9 Å². The molecule has 5 heteroatoms. The van der Waals surface area contributed by atoms with E-state index in [1.54, 1.807) is 42.5 Å². The molecule has 0 saturated carbocycles. The van der Waals surface area contributed by atoms with Gasteiger partial charge in [0.15, 0.2) is 11.6 Å². The van der Waals surface area contributed by atoms with Gasteiger partial charge < -0.3 is 9.47 Å². The number of benzene rings is 4. The van der Waals surface area contributed by atoms with Gasteiger partial charge >= 0.3 is 0 Å². The SMILES string of the molecule is C/C=C/c1ccc(-c2ccc(OCc3ccc(-c4ccc(C5CO5)cc4F)cc3)c(F)c2F)cc1. The minimum atomic E-state index is -1.03. The summed E-state index contributed by atoms with van der Waals surface area (Å²) in [5.41, 5.74) is 4.54. The van der Waals surface area contributed by atoms with Gasteiger partial charge in [-0.05, 0) is 52.9 Å². The van der Waals surface area contributed by atoms with Gasteiger partial charge in [0.2, 0.25) is 5.82 Å². The highest BCUT2D eigenvalue weighted by Gasteiger charge is 2.25. The van der Waals surface area contributed by atoms with Crippen molar-refractivity contribution in [1.82, 2.24) is 0 Å². The summed E-state index contributed by atoms with van der Waals surface area (Å²) >= 11 is 0. The number of halogens is 3. The molecule has 0 amide bonds. The van der Waals surface area contributed by atoms with Crippen LogP contribution < -0.4 is 4.74 Å². The van der Waals surface area contributed by atoms with E-state index in [1.165, 1.54) is 18.2 Å². The number of hydrogen-bond donors (Lipinski definition) is 0. The van der Waals surface area contributed by atoms with Crippen LogP contribution >= 0.6 is 0 Å². The molecule has 4 aromatic rings. The molecule has 1 heterocycles. The van der Waals surface area contributed by atoms with Gasteiger partial charge in [-0.3, -0.25) is 0 Å². The van der Waals surface area contributed by atoms with Crippen molar-refractivity contribution < 1.29 is 22.6 Å². The monoisotopic (exact) mass is 472 g/mol. The standard InChI is InChI=1S/C30H23F3O2/c1-2-3-19-4-8-22(9-5-19)25-14-15-27(30(33)29(25)32)34-17-20-6-10-21(11-7-20)24-13-12-23(16-26(24)31)28-18-35-28/h2-16,28H,17-18H2,1H3/b3-2+. The topological polar surface area (TPSA) is 21.8 Å². The summed E-state index contributed by atoms with van der Waals surface area (Å²) in [5.74, 6) is -2.45. The van der Waals surface area contributed by atoms with E-state index < -0.39 is 11.6 Å². The minimum Gasteiger partial charge on any atom is -0.486 e. The Hall–Kier alpha value is -3.83. The molecule has 0 radical (unpaired) electrons. The summed E-state index contributed by atoms with van der Waals surface area (Å²) in [5, 5.41) is 0. The molecule has 1 atom stereocenters. The van der Waals surface area contributed by atoms with Crippen molar-refractivity contribution in [2.75, 3.05) is 6.61 Å². The Morgan fingerprint density at radius 3 is 2.14 bits per heavy atom. The highest BCUT2D eigenvalue weighted by Crippen LogP contribution is 2.33. The second-order valence-electron chi connectivity index (χ2n) is 8.41. The third kappa shape index (κ3) is 5.00. The molecule has 5 rings (SSSR count). The normalized spacial score (nSPS) is 14.9. The van der Waals surface area contributed by atoms with E-state index in [1.807, 2.05) is 37.3 Å². The molecular formula is C30H23F3O2. The zero-order valence-corrected chi connectivity index (χ0v) is 19.1. The smallest absolute Gasteiger partial charge is 0.201 e. The molecule has 1 aliphatic rings. The fourth-order valence-electron chi connectivity index (χ4n) is 3.98. The van der Waals surface area contributed by atoms with E-state index in [-0.39, 0.29) is 29.8 Å². The van der Waals surface area contributed by atoms with Crippen molar-refractivity contribution in [3.8, 4) is 28.0 Å². The molecule has 0 spiro atoms. The first-order chi connectivity index (χ1) is 17.0. The van der Waals surface area contributed by atoms with E-state index in [9.17, 15) is 13.2 Å². The number of hydrogen-bond acceptors (Lipinski definition) is 2. The second kappa shape index (κ2) is 9.80. The Morgan fingerprint density at radius 2 is 1.49 bits per heavy atom. The molecule has 1 aliphatic heterocycles. The molecule has 4 aromatic carbocycles. The van der Waals surface area contributed by atoms with E-state index in [2.05, 4.69) is 0 Å². The number of ether oxygens (including phenoxy) is 2. The third-order valence-corrected chi connectivity index (χ3v) is 5.99. The lowest BCUT2D eigenvalue weighted by atomic mass is 10.0. The fraction of sp³-hybridized carbons (Fsp3) is 0.133. The van der Waals surface area contributed by atoms with E-state index in [0.717, 1.165) is 22.3 Å². The molecule has 35 heavy (non-hydrogen) atoms. The number of rotatable bonds is 7. The summed E-state index contributed by atoms with van der Waals surface area (Å²) in [6.45, 7) is 2.60. The van der Waals surface area contributed by atoms with Crippen molar-refractivity contribution in [2.45, 2.75) is 19.6 Å². The Labute approximate surface area is 202 Å². The Bertz CT molecular complexity index is 1370. The third-order valence-electron chi connectivity index (χ3n) is 5.99. The van der Waals surface area contributed by atoms with E-state index >= 15 is 0 Å². The summed E-state index contributed by atoms with van der Waals surface area (Å²) in [6.07, 6.45) is 3.84. The zero-order valence-electron chi connectivity index (χ0n) is 19.1. The molecule has 176 valence electrons. The van der Waals surface area contributed by atoms with Gasteiger partial charge in [0.25, 0.3) is 0 Å². The van der Waals surface area contributed by atoms with Gasteiger partial charge in [0.05, 0.1) is 6.61 Å². The van der Waals surface area contributed by atoms with Crippen LogP contribution in [0.3, 0.4) is 0 Å². The predicted molar refractivity (Wildman–Crippen MR) is 131 cm³/mol. The molecule has 1 saturated heterocycles. The van der Waals surface area contributed by atoms with Gasteiger partial charge in [0, 0.05) is 11.1 Å². The van der Waals surface area contributed by atoms with Crippen LogP contribution in [0.1, 0.15) is 29.7 Å². The van der Waals surface area contributed by atoms with Gasteiger partial charge in [-0.2, -0.15) is 4.39 Å². The Kier molecular flexibility index (Phi) is 6.43. The summed E-state index contributed by atoms with van der Waals surface area (Å²) in [4.78, 5) is 0. The van der Waals surface area contributed by atoms with Crippen LogP contribution in [0.5, 0.6) is 5.75 Å². The highest BCUT2D eigenvalue weighted by molar-refractivity contribution is 5.67. The molecule has 0 bridgehead atoms. The fourth-order valence-corrected chi connectivity index (χ4v) is 3.98. The van der Waals surface area contributed by atoms with Crippen molar-refractivity contribution in [3.63, 3.8) is 0 Å². The number of epoxide rings is 1. The van der Waals surface area contributed by atoms with Gasteiger partial charge in [-0.25, -0.2) is 8.78 Å². The van der Waals surface area contributed by atoms with Gasteiger partial charge in [-0.1, -0.05) is 72.8 Å². The maximum Gasteiger partial charge on any atom is 0.201 e. The van der Waals surface area contributed by atoms with Gasteiger partial charge in [-0.15, -0.1) is 0 Å². The summed E-state index contributed by atoms with van der Waals surface area (Å²) < 4.78 is 54.8. The van der Waals surface area contributed by atoms with E-state index in [4.69, 9.17) is 9.47 Å². The molecule has 2 nitrogen and oxygen atoms in total. The van der Waals surface area contributed by atoms with Crippen molar-refractivity contribution in [2.24, 2.45) is 0 Å². The molecule has 0 aliphatic carbocycles. The van der Waals surface area contributed by atoms with Crippen LogP contribution in [-0.2, 0) is 11.3 Å². The number of allylic oxidation sites excluding steroid dienone is 1. The van der Waals surface area contributed by atoms with E-state index in [0.29, 0.717) is 17.7 Å². The Balaban J connectivity index is 1.27. The maximum absolute atomic E-state index is 14.8. The first-order valence-electron chi connectivity index (χ1n) is 11.4. The average molecular weight is 473 g/mol. The zero-order chi connectivity index (χ0) is 24.4. The van der Waals surface area contributed by atoms with Crippen LogP contribution in [0.4, 0.5) is 13.2 Å². The minimum absolute atomic E-state index is 0.00106. The van der Waals surface area contributed by atoms with Crippen molar-refractivity contribution in [1.29, 1.82) is 0 Å². The first-order valence-corrected chi connectivity index (χ1v) is 11.4. The first kappa shape index (κ1) is 22.9. The summed E-state index contributed by atoms with van der Waals surface area (Å²) in [7, 11) is 0. The van der Waals surface area contributed by atoms with Crippen molar-refractivity contribution in [3.05, 3.63) is 119 Å². The molecule has 0 aromatic heterocycles. The Morgan fingerprint density at radius 1 is 0.829 bits per heavy atom. The molecule has 1 fully saturated rings. The van der Waals surface area contributed by atoms with Crippen LogP contribution in [0.25, 0.3) is 28.3 Å². The lowest BCUT2D eigenvalue weighted by molar-refractivity contribution is 0.285. The molecule has 1 unspecified atom stereocenters. The lowest BCUT2D eigenvalue weighted by Gasteiger charge is -2.11. The van der Waals surface area contributed by atoms with Crippen LogP contribution in [0.2, 0.25) is 0 Å². The average Bonchev–Trinajstić information content (AvgIpc) is 3.72. The van der Waals surface area contributed by atoms with Crippen molar-refractivity contribution >= 4 is 6.08 Å². The largest absolute Gasteiger partial charge is 0.486 e. The maximum atomic E-state index is 14.8. The lowest BCUT2D eigenvalue weighted by Crippen LogP contribution is -2.00. The highest BCUT2D eigenvalue weighted by atomic mass is 19.2. The predicted octanol–water partition coefficient (Wildman–Crippen LogP) is 8.12. The summed E-state index contributed by atoms with van der Waals surface area (Å²) in [6, 6.07) is 22.4. The van der Waals surface area contributed by atoms with Crippen LogP contribution in [0, 0.1) is 17.5 Å². The van der Waals surface area contributed by atoms with Crippen LogP contribution in [-0.4, -0.2) is 6.61 Å².